The molecular formula is C17H13FN2O3. The Morgan fingerprint density at radius 2 is 2.00 bits per heavy atom. The highest BCUT2D eigenvalue weighted by molar-refractivity contribution is 6.03. The number of carbonyl (C=O) groups is 1. The molecule has 23 heavy (non-hydrogen) atoms. The van der Waals surface area contributed by atoms with Crippen molar-refractivity contribution in [3.8, 4) is 0 Å². The lowest BCUT2D eigenvalue weighted by molar-refractivity contribution is 0.0956. The molecule has 1 aliphatic carbocycles. The van der Waals surface area contributed by atoms with Crippen molar-refractivity contribution in [2.75, 3.05) is 5.32 Å². The van der Waals surface area contributed by atoms with Crippen LogP contribution in [0.5, 0.6) is 0 Å². The number of nitrogens with one attached hydrogen (secondary N) is 1. The van der Waals surface area contributed by atoms with Crippen LogP contribution in [0, 0.1) is 5.82 Å². The molecule has 0 aliphatic heterocycles. The Bertz CT molecular complexity index is 837. The van der Waals surface area contributed by atoms with Crippen molar-refractivity contribution < 1.29 is 18.1 Å². The minimum absolute atomic E-state index is 0.0309. The van der Waals surface area contributed by atoms with Crippen molar-refractivity contribution in [3.05, 3.63) is 65.6 Å². The fourth-order valence-electron chi connectivity index (χ4n) is 2.85. The van der Waals surface area contributed by atoms with E-state index in [-0.39, 0.29) is 17.5 Å². The molecule has 1 aliphatic rings. The number of anilines is 2. The molecule has 5 nitrogen and oxygen atoms in total. The predicted molar refractivity (Wildman–Crippen MR) is 80.3 cm³/mol. The summed E-state index contributed by atoms with van der Waals surface area (Å²) < 4.78 is 23.7. The van der Waals surface area contributed by atoms with Crippen LogP contribution in [-0.4, -0.2) is 10.9 Å². The van der Waals surface area contributed by atoms with Crippen LogP contribution in [0.4, 0.5) is 15.9 Å². The van der Waals surface area contributed by atoms with Crippen molar-refractivity contribution in [1.82, 2.24) is 5.16 Å². The first-order valence-corrected chi connectivity index (χ1v) is 7.28. The van der Waals surface area contributed by atoms with Gasteiger partial charge < -0.3 is 14.3 Å². The van der Waals surface area contributed by atoms with Crippen LogP contribution < -0.4 is 5.32 Å². The fourth-order valence-corrected chi connectivity index (χ4v) is 2.85. The lowest BCUT2D eigenvalue weighted by Gasteiger charge is -2.18. The van der Waals surface area contributed by atoms with Gasteiger partial charge in [0.05, 0.1) is 6.26 Å². The number of rotatable bonds is 3. The third-order valence-electron chi connectivity index (χ3n) is 3.96. The van der Waals surface area contributed by atoms with Crippen molar-refractivity contribution in [3.63, 3.8) is 0 Å². The largest absolute Gasteiger partial charge is 0.469 e. The summed E-state index contributed by atoms with van der Waals surface area (Å²) in [4.78, 5) is 12.5. The summed E-state index contributed by atoms with van der Waals surface area (Å²) in [7, 11) is 0. The zero-order valence-corrected chi connectivity index (χ0v) is 12.1. The molecule has 3 aromatic rings. The van der Waals surface area contributed by atoms with Crippen LogP contribution >= 0.6 is 0 Å². The summed E-state index contributed by atoms with van der Waals surface area (Å²) in [5.41, 5.74) is 1.11. The summed E-state index contributed by atoms with van der Waals surface area (Å²) in [5, 5.41) is 6.95. The monoisotopic (exact) mass is 312 g/mol. The van der Waals surface area contributed by atoms with Crippen LogP contribution in [0.3, 0.4) is 0 Å². The summed E-state index contributed by atoms with van der Waals surface area (Å²) in [5.74, 6) is 1.29. The van der Waals surface area contributed by atoms with Gasteiger partial charge in [0.2, 0.25) is 0 Å². The van der Waals surface area contributed by atoms with E-state index in [1.807, 2.05) is 6.07 Å². The van der Waals surface area contributed by atoms with Gasteiger partial charge in [-0.05, 0) is 36.4 Å². The molecule has 1 N–H and O–H groups in total. The van der Waals surface area contributed by atoms with Crippen molar-refractivity contribution in [2.45, 2.75) is 18.8 Å². The molecule has 0 amide bonds. The number of hydrogen-bond acceptors (Lipinski definition) is 5. The molecule has 0 saturated carbocycles. The minimum Gasteiger partial charge on any atom is -0.469 e. The average Bonchev–Trinajstić information content (AvgIpc) is 3.20. The first-order chi connectivity index (χ1) is 11.2. The SMILES string of the molecule is O=C1C[C@@H](c2ccco2)Cc2onc(Nc3ccc(F)cc3)c21. The van der Waals surface area contributed by atoms with E-state index in [1.54, 1.807) is 24.5 Å². The molecule has 2 heterocycles. The highest BCUT2D eigenvalue weighted by Gasteiger charge is 2.34. The second-order valence-corrected chi connectivity index (χ2v) is 5.51. The maximum absolute atomic E-state index is 13.0. The number of halogens is 1. The van der Waals surface area contributed by atoms with E-state index in [1.165, 1.54) is 12.1 Å². The molecule has 0 radical (unpaired) electrons. The Labute approximate surface area is 131 Å². The molecule has 0 fully saturated rings. The molecule has 0 unspecified atom stereocenters. The van der Waals surface area contributed by atoms with Crippen LogP contribution in [-0.2, 0) is 6.42 Å². The third-order valence-corrected chi connectivity index (χ3v) is 3.96. The first-order valence-electron chi connectivity index (χ1n) is 7.28. The second-order valence-electron chi connectivity index (χ2n) is 5.51. The number of aromatic nitrogens is 1. The highest BCUT2D eigenvalue weighted by Crippen LogP contribution is 2.36. The number of Topliss-reactive ketones (excluding diaryl/α,β-unsaturated/α-hetero) is 1. The Hall–Kier alpha value is -2.89. The van der Waals surface area contributed by atoms with E-state index in [4.69, 9.17) is 8.94 Å². The van der Waals surface area contributed by atoms with Crippen molar-refractivity contribution in [1.29, 1.82) is 0 Å². The Morgan fingerprint density at radius 3 is 2.74 bits per heavy atom. The summed E-state index contributed by atoms with van der Waals surface area (Å²) in [6.45, 7) is 0. The molecule has 6 heteroatoms. The van der Waals surface area contributed by atoms with Crippen LogP contribution in [0.1, 0.15) is 34.2 Å². The number of furan rings is 1. The van der Waals surface area contributed by atoms with E-state index in [2.05, 4.69) is 10.5 Å². The van der Waals surface area contributed by atoms with E-state index >= 15 is 0 Å². The van der Waals surface area contributed by atoms with E-state index in [0.717, 1.165) is 5.76 Å². The highest BCUT2D eigenvalue weighted by atomic mass is 19.1. The summed E-state index contributed by atoms with van der Waals surface area (Å²) in [6, 6.07) is 9.49. The lowest BCUT2D eigenvalue weighted by atomic mass is 9.85. The zero-order valence-electron chi connectivity index (χ0n) is 12.1. The molecule has 1 atom stereocenters. The molecular weight excluding hydrogens is 299 g/mol. The Morgan fingerprint density at radius 1 is 1.17 bits per heavy atom. The standard InChI is InChI=1S/C17H13FN2O3/c18-11-3-5-12(6-4-11)19-17-16-13(21)8-10(9-15(16)23-20-17)14-2-1-7-22-14/h1-7,10H,8-9H2,(H,19,20)/t10-/m1/s1. The zero-order chi connectivity index (χ0) is 15.8. The van der Waals surface area contributed by atoms with Gasteiger partial charge in [0, 0.05) is 24.4 Å². The summed E-state index contributed by atoms with van der Waals surface area (Å²) >= 11 is 0. The number of carbonyl (C=O) groups excluding carboxylic acids is 1. The predicted octanol–water partition coefficient (Wildman–Crippen LogP) is 4.06. The second kappa shape index (κ2) is 5.39. The molecule has 2 aromatic heterocycles. The molecule has 0 bridgehead atoms. The van der Waals surface area contributed by atoms with Gasteiger partial charge in [-0.2, -0.15) is 0 Å². The number of ketones is 1. The van der Waals surface area contributed by atoms with Gasteiger partial charge in [-0.25, -0.2) is 4.39 Å². The van der Waals surface area contributed by atoms with Crippen molar-refractivity contribution in [2.24, 2.45) is 0 Å². The van der Waals surface area contributed by atoms with Crippen LogP contribution in [0.25, 0.3) is 0 Å². The first kappa shape index (κ1) is 13.8. The molecule has 116 valence electrons. The van der Waals surface area contributed by atoms with Crippen molar-refractivity contribution >= 4 is 17.3 Å². The molecule has 0 saturated heterocycles. The van der Waals surface area contributed by atoms with Gasteiger partial charge in [-0.3, -0.25) is 4.79 Å². The molecule has 4 rings (SSSR count). The molecule has 0 spiro atoms. The Kier molecular flexibility index (Phi) is 3.22. The lowest BCUT2D eigenvalue weighted by Crippen LogP contribution is -2.17. The normalized spacial score (nSPS) is 17.1. The van der Waals surface area contributed by atoms with Crippen LogP contribution in [0.15, 0.2) is 51.6 Å². The van der Waals surface area contributed by atoms with E-state index < -0.39 is 0 Å². The number of nitrogens with zero attached hydrogens (tertiary/aromatic N) is 1. The molecule has 1 aromatic carbocycles. The quantitative estimate of drug-likeness (QED) is 0.789. The van der Waals surface area contributed by atoms with Gasteiger partial charge in [0.15, 0.2) is 17.4 Å². The van der Waals surface area contributed by atoms with E-state index in [0.29, 0.717) is 35.7 Å². The summed E-state index contributed by atoms with van der Waals surface area (Å²) in [6.07, 6.45) is 2.50. The number of hydrogen-bond donors (Lipinski definition) is 1. The van der Waals surface area contributed by atoms with E-state index in [9.17, 15) is 9.18 Å². The fraction of sp³-hybridized carbons (Fsp3) is 0.176. The Balaban J connectivity index is 1.61. The maximum atomic E-state index is 13.0. The topological polar surface area (TPSA) is 68.3 Å². The van der Waals surface area contributed by atoms with Gasteiger partial charge >= 0.3 is 0 Å². The number of benzene rings is 1. The average molecular weight is 312 g/mol. The van der Waals surface area contributed by atoms with Crippen LogP contribution in [0.2, 0.25) is 0 Å². The minimum atomic E-state index is -0.324. The number of fused-ring (bicyclic) bond motifs is 1. The van der Waals surface area contributed by atoms with Gasteiger partial charge in [0.25, 0.3) is 0 Å². The van der Waals surface area contributed by atoms with Gasteiger partial charge in [-0.1, -0.05) is 5.16 Å². The van der Waals surface area contributed by atoms with Gasteiger partial charge in [0.1, 0.15) is 17.1 Å². The smallest absolute Gasteiger partial charge is 0.185 e. The maximum Gasteiger partial charge on any atom is 0.185 e. The third kappa shape index (κ3) is 2.52. The van der Waals surface area contributed by atoms with Gasteiger partial charge in [-0.15, -0.1) is 0 Å².